The molecule has 0 spiro atoms. The molecular weight excluding hydrogens is 340 g/mol. The van der Waals surface area contributed by atoms with Crippen LogP contribution in [0, 0.1) is 0 Å². The topological polar surface area (TPSA) is 49.4 Å². The lowest BCUT2D eigenvalue weighted by Gasteiger charge is -2.35. The molecule has 0 amide bonds. The molecular formula is C14H21BrN2O2S. The van der Waals surface area contributed by atoms with Gasteiger partial charge in [0.15, 0.2) is 0 Å². The average molecular weight is 361 g/mol. The molecule has 1 aliphatic heterocycles. The number of sulfonamides is 1. The summed E-state index contributed by atoms with van der Waals surface area (Å²) in [7, 11) is -1.52. The molecule has 4 nitrogen and oxygen atoms in total. The van der Waals surface area contributed by atoms with E-state index in [1.807, 2.05) is 13.1 Å². The summed E-state index contributed by atoms with van der Waals surface area (Å²) in [6.45, 7) is 1.46. The highest BCUT2D eigenvalue weighted by Crippen LogP contribution is 2.30. The summed E-state index contributed by atoms with van der Waals surface area (Å²) >= 11 is 3.35. The van der Waals surface area contributed by atoms with Crippen LogP contribution in [-0.4, -0.2) is 38.9 Å². The molecule has 1 atom stereocenters. The number of piperidine rings is 1. The van der Waals surface area contributed by atoms with Crippen LogP contribution in [0.15, 0.2) is 33.6 Å². The lowest BCUT2D eigenvalue weighted by atomic mass is 10.0. The van der Waals surface area contributed by atoms with Crippen LogP contribution >= 0.6 is 15.9 Å². The number of hydrogen-bond donors (Lipinski definition) is 1. The molecule has 0 saturated carbocycles. The van der Waals surface area contributed by atoms with Gasteiger partial charge in [0.25, 0.3) is 0 Å². The fourth-order valence-electron chi connectivity index (χ4n) is 2.67. The van der Waals surface area contributed by atoms with Crippen molar-refractivity contribution in [3.8, 4) is 0 Å². The van der Waals surface area contributed by atoms with Crippen molar-refractivity contribution in [2.75, 3.05) is 20.1 Å². The third-order valence-corrected chi connectivity index (χ3v) is 6.69. The highest BCUT2D eigenvalue weighted by atomic mass is 79.9. The molecule has 1 saturated heterocycles. The Bertz CT molecular complexity index is 548. The fourth-order valence-corrected chi connectivity index (χ4v) is 5.36. The molecule has 1 aromatic carbocycles. The van der Waals surface area contributed by atoms with E-state index in [2.05, 4.69) is 21.2 Å². The fraction of sp³-hybridized carbons (Fsp3) is 0.571. The van der Waals surface area contributed by atoms with E-state index in [1.54, 1.807) is 22.5 Å². The summed E-state index contributed by atoms with van der Waals surface area (Å²) in [6.07, 6.45) is 3.86. The van der Waals surface area contributed by atoms with Crippen LogP contribution in [0.5, 0.6) is 0 Å². The minimum Gasteiger partial charge on any atom is -0.320 e. The molecule has 0 aromatic heterocycles. The predicted molar refractivity (Wildman–Crippen MR) is 84.2 cm³/mol. The van der Waals surface area contributed by atoms with Gasteiger partial charge < -0.3 is 5.32 Å². The van der Waals surface area contributed by atoms with Crippen LogP contribution in [0.25, 0.3) is 0 Å². The Kier molecular flexibility index (Phi) is 5.60. The summed E-state index contributed by atoms with van der Waals surface area (Å²) in [5.41, 5.74) is 0. The van der Waals surface area contributed by atoms with Gasteiger partial charge >= 0.3 is 0 Å². The molecule has 1 fully saturated rings. The van der Waals surface area contributed by atoms with Crippen molar-refractivity contribution in [1.82, 2.24) is 9.62 Å². The average Bonchev–Trinajstić information content (AvgIpc) is 2.45. The third kappa shape index (κ3) is 3.42. The maximum atomic E-state index is 12.9. The van der Waals surface area contributed by atoms with Crippen molar-refractivity contribution in [3.05, 3.63) is 28.7 Å². The lowest BCUT2D eigenvalue weighted by molar-refractivity contribution is 0.240. The first-order valence-corrected chi connectivity index (χ1v) is 9.21. The van der Waals surface area contributed by atoms with Gasteiger partial charge in [0.2, 0.25) is 10.0 Å². The second-order valence-corrected chi connectivity index (χ2v) is 7.80. The number of nitrogens with zero attached hydrogens (tertiary/aromatic N) is 1. The Hall–Kier alpha value is -0.430. The second kappa shape index (κ2) is 7.02. The molecule has 112 valence electrons. The normalized spacial score (nSPS) is 21.0. The van der Waals surface area contributed by atoms with Gasteiger partial charge in [0.1, 0.15) is 0 Å². The van der Waals surface area contributed by atoms with Gasteiger partial charge in [-0.25, -0.2) is 8.42 Å². The molecule has 1 unspecified atom stereocenters. The van der Waals surface area contributed by atoms with Crippen LogP contribution in [0.4, 0.5) is 0 Å². The third-order valence-electron chi connectivity index (χ3n) is 3.72. The predicted octanol–water partition coefficient (Wildman–Crippen LogP) is 2.60. The zero-order valence-corrected chi connectivity index (χ0v) is 14.1. The Morgan fingerprint density at radius 2 is 2.10 bits per heavy atom. The summed E-state index contributed by atoms with van der Waals surface area (Å²) in [5.74, 6) is 0. The summed E-state index contributed by atoms with van der Waals surface area (Å²) < 4.78 is 28.0. The molecule has 0 bridgehead atoms. The smallest absolute Gasteiger partial charge is 0.244 e. The molecule has 2 rings (SSSR count). The van der Waals surface area contributed by atoms with Gasteiger partial charge in [-0.1, -0.05) is 18.6 Å². The second-order valence-electron chi connectivity index (χ2n) is 5.09. The number of halogens is 1. The maximum absolute atomic E-state index is 12.9. The van der Waals surface area contributed by atoms with Crippen molar-refractivity contribution in [3.63, 3.8) is 0 Å². The molecule has 1 aliphatic rings. The zero-order valence-electron chi connectivity index (χ0n) is 11.7. The van der Waals surface area contributed by atoms with E-state index in [0.717, 1.165) is 32.2 Å². The van der Waals surface area contributed by atoms with Crippen molar-refractivity contribution in [1.29, 1.82) is 0 Å². The molecule has 0 radical (unpaired) electrons. The minimum absolute atomic E-state index is 0.105. The maximum Gasteiger partial charge on any atom is 0.244 e. The van der Waals surface area contributed by atoms with Crippen molar-refractivity contribution >= 4 is 26.0 Å². The van der Waals surface area contributed by atoms with Gasteiger partial charge in [0.05, 0.1) is 4.90 Å². The van der Waals surface area contributed by atoms with E-state index in [9.17, 15) is 8.42 Å². The molecule has 1 N–H and O–H groups in total. The van der Waals surface area contributed by atoms with Gasteiger partial charge in [0, 0.05) is 17.1 Å². The van der Waals surface area contributed by atoms with Crippen LogP contribution in [-0.2, 0) is 10.0 Å². The Balaban J connectivity index is 2.28. The Morgan fingerprint density at radius 1 is 1.35 bits per heavy atom. The monoisotopic (exact) mass is 360 g/mol. The first-order chi connectivity index (χ1) is 9.57. The molecule has 6 heteroatoms. The standard InChI is InChI=1S/C14H21BrN2O2S/c1-16-10-9-12-6-4-5-11-17(12)20(18,19)14-8-3-2-7-13(14)15/h2-3,7-8,12,16H,4-6,9-11H2,1H3. The number of rotatable bonds is 5. The number of benzene rings is 1. The van der Waals surface area contributed by atoms with E-state index in [-0.39, 0.29) is 6.04 Å². The van der Waals surface area contributed by atoms with E-state index in [1.165, 1.54) is 0 Å². The van der Waals surface area contributed by atoms with Gasteiger partial charge in [-0.15, -0.1) is 0 Å². The SMILES string of the molecule is CNCCC1CCCCN1S(=O)(=O)c1ccccc1Br. The largest absolute Gasteiger partial charge is 0.320 e. The summed E-state index contributed by atoms with van der Waals surface area (Å²) in [5, 5.41) is 3.11. The lowest BCUT2D eigenvalue weighted by Crippen LogP contribution is -2.44. The zero-order chi connectivity index (χ0) is 14.6. The Morgan fingerprint density at radius 3 is 2.80 bits per heavy atom. The van der Waals surface area contributed by atoms with Crippen molar-refractivity contribution in [2.24, 2.45) is 0 Å². The van der Waals surface area contributed by atoms with Gasteiger partial charge in [-0.2, -0.15) is 4.31 Å². The highest BCUT2D eigenvalue weighted by Gasteiger charge is 2.33. The van der Waals surface area contributed by atoms with Crippen molar-refractivity contribution in [2.45, 2.75) is 36.6 Å². The van der Waals surface area contributed by atoms with E-state index in [4.69, 9.17) is 0 Å². The molecule has 20 heavy (non-hydrogen) atoms. The van der Waals surface area contributed by atoms with Gasteiger partial charge in [-0.3, -0.25) is 0 Å². The van der Waals surface area contributed by atoms with Crippen LogP contribution < -0.4 is 5.32 Å². The van der Waals surface area contributed by atoms with E-state index < -0.39 is 10.0 Å². The summed E-state index contributed by atoms with van der Waals surface area (Å²) in [6, 6.07) is 7.15. The molecule has 1 heterocycles. The first kappa shape index (κ1) is 15.9. The summed E-state index contributed by atoms with van der Waals surface area (Å²) in [4.78, 5) is 0.372. The van der Waals surface area contributed by atoms with E-state index >= 15 is 0 Å². The van der Waals surface area contributed by atoms with Crippen molar-refractivity contribution < 1.29 is 8.42 Å². The van der Waals surface area contributed by atoms with Crippen LogP contribution in [0.1, 0.15) is 25.7 Å². The van der Waals surface area contributed by atoms with Crippen LogP contribution in [0.3, 0.4) is 0 Å². The quantitative estimate of drug-likeness (QED) is 0.877. The van der Waals surface area contributed by atoms with E-state index in [0.29, 0.717) is 15.9 Å². The number of nitrogens with one attached hydrogen (secondary N) is 1. The van der Waals surface area contributed by atoms with Gasteiger partial charge in [-0.05, 0) is 60.9 Å². The Labute approximate surface area is 129 Å². The molecule has 1 aromatic rings. The number of hydrogen-bond acceptors (Lipinski definition) is 3. The van der Waals surface area contributed by atoms with Crippen LogP contribution in [0.2, 0.25) is 0 Å². The molecule has 0 aliphatic carbocycles. The first-order valence-electron chi connectivity index (χ1n) is 6.98. The highest BCUT2D eigenvalue weighted by molar-refractivity contribution is 9.10. The minimum atomic E-state index is -3.41.